The second-order valence-electron chi connectivity index (χ2n) is 5.81. The Morgan fingerprint density at radius 1 is 1.37 bits per heavy atom. The van der Waals surface area contributed by atoms with Crippen molar-refractivity contribution in [1.82, 2.24) is 14.9 Å². The summed E-state index contributed by atoms with van der Waals surface area (Å²) in [5.74, 6) is 1.21. The third-order valence-corrected chi connectivity index (χ3v) is 4.44. The predicted octanol–water partition coefficient (Wildman–Crippen LogP) is 3.04. The Morgan fingerprint density at radius 2 is 2.21 bits per heavy atom. The van der Waals surface area contributed by atoms with Gasteiger partial charge in [-0.15, -0.1) is 0 Å². The molecule has 1 fully saturated rings. The smallest absolute Gasteiger partial charge is 0.111 e. The quantitative estimate of drug-likeness (QED) is 0.912. The summed E-state index contributed by atoms with van der Waals surface area (Å²) in [4.78, 5) is 4.83. The summed E-state index contributed by atoms with van der Waals surface area (Å²) in [7, 11) is 2.14. The molecule has 2 aromatic rings. The SMILES string of the molecule is CCCC1(Cc2nc3ccccc3n2C)CCCN1. The summed E-state index contributed by atoms with van der Waals surface area (Å²) in [6.45, 7) is 3.43. The number of rotatable bonds is 4. The number of imidazole rings is 1. The molecule has 1 aromatic heterocycles. The Hall–Kier alpha value is -1.35. The van der Waals surface area contributed by atoms with Gasteiger partial charge in [0.15, 0.2) is 0 Å². The van der Waals surface area contributed by atoms with Gasteiger partial charge in [0.25, 0.3) is 0 Å². The standard InChI is InChI=1S/C16H23N3/c1-3-9-16(10-6-11-17-16)12-15-18-13-7-4-5-8-14(13)19(15)2/h4-5,7-8,17H,3,6,9-12H2,1-2H3. The van der Waals surface area contributed by atoms with E-state index in [0.29, 0.717) is 0 Å². The highest BCUT2D eigenvalue weighted by Crippen LogP contribution is 2.29. The molecular formula is C16H23N3. The predicted molar refractivity (Wildman–Crippen MR) is 79.3 cm³/mol. The van der Waals surface area contributed by atoms with Crippen LogP contribution in [-0.4, -0.2) is 21.6 Å². The molecule has 2 heterocycles. The molecule has 3 nitrogen and oxygen atoms in total. The first-order valence-electron chi connectivity index (χ1n) is 7.39. The molecule has 0 saturated carbocycles. The average molecular weight is 257 g/mol. The fourth-order valence-corrected chi connectivity index (χ4v) is 3.46. The topological polar surface area (TPSA) is 29.9 Å². The normalized spacial score (nSPS) is 23.3. The van der Waals surface area contributed by atoms with E-state index in [1.54, 1.807) is 0 Å². The number of para-hydroxylation sites is 2. The average Bonchev–Trinajstić information content (AvgIpc) is 2.98. The van der Waals surface area contributed by atoms with Crippen LogP contribution in [0.1, 0.15) is 38.4 Å². The Bertz CT molecular complexity index is 564. The van der Waals surface area contributed by atoms with Crippen molar-refractivity contribution in [2.24, 2.45) is 7.05 Å². The van der Waals surface area contributed by atoms with E-state index in [9.17, 15) is 0 Å². The van der Waals surface area contributed by atoms with Crippen LogP contribution in [0.2, 0.25) is 0 Å². The van der Waals surface area contributed by atoms with E-state index in [1.165, 1.54) is 37.0 Å². The molecule has 1 unspecified atom stereocenters. The van der Waals surface area contributed by atoms with Gasteiger partial charge in [0, 0.05) is 19.0 Å². The number of fused-ring (bicyclic) bond motifs is 1. The Morgan fingerprint density at radius 3 is 2.89 bits per heavy atom. The maximum Gasteiger partial charge on any atom is 0.111 e. The van der Waals surface area contributed by atoms with Gasteiger partial charge in [-0.2, -0.15) is 0 Å². The molecule has 3 rings (SSSR count). The minimum Gasteiger partial charge on any atom is -0.331 e. The largest absolute Gasteiger partial charge is 0.331 e. The molecule has 19 heavy (non-hydrogen) atoms. The highest BCUT2D eigenvalue weighted by Gasteiger charge is 2.33. The Balaban J connectivity index is 1.93. The third kappa shape index (κ3) is 2.27. The van der Waals surface area contributed by atoms with E-state index in [2.05, 4.69) is 48.1 Å². The van der Waals surface area contributed by atoms with Crippen molar-refractivity contribution >= 4 is 11.0 Å². The number of benzene rings is 1. The minimum absolute atomic E-state index is 0.282. The van der Waals surface area contributed by atoms with Crippen molar-refractivity contribution in [2.45, 2.75) is 44.6 Å². The van der Waals surface area contributed by atoms with Crippen LogP contribution in [0.5, 0.6) is 0 Å². The first-order valence-corrected chi connectivity index (χ1v) is 7.39. The molecule has 0 bridgehead atoms. The van der Waals surface area contributed by atoms with Gasteiger partial charge in [-0.05, 0) is 37.9 Å². The van der Waals surface area contributed by atoms with Crippen LogP contribution in [0, 0.1) is 0 Å². The number of aromatic nitrogens is 2. The Labute approximate surface area is 115 Å². The summed E-state index contributed by atoms with van der Waals surface area (Å²) < 4.78 is 2.26. The molecule has 102 valence electrons. The maximum absolute atomic E-state index is 4.83. The van der Waals surface area contributed by atoms with Crippen molar-refractivity contribution in [3.8, 4) is 0 Å². The lowest BCUT2D eigenvalue weighted by Crippen LogP contribution is -2.42. The molecule has 1 aliphatic heterocycles. The number of hydrogen-bond donors (Lipinski definition) is 1. The summed E-state index contributed by atoms with van der Waals surface area (Å²) >= 11 is 0. The number of hydrogen-bond acceptors (Lipinski definition) is 2. The van der Waals surface area contributed by atoms with Gasteiger partial charge in [-0.1, -0.05) is 25.5 Å². The first-order chi connectivity index (χ1) is 9.24. The van der Waals surface area contributed by atoms with E-state index < -0.39 is 0 Å². The van der Waals surface area contributed by atoms with Crippen molar-refractivity contribution in [2.75, 3.05) is 6.54 Å². The summed E-state index contributed by atoms with van der Waals surface area (Å²) in [6, 6.07) is 8.41. The molecule has 1 aliphatic rings. The van der Waals surface area contributed by atoms with E-state index >= 15 is 0 Å². The molecule has 0 amide bonds. The molecule has 1 N–H and O–H groups in total. The van der Waals surface area contributed by atoms with Crippen LogP contribution in [-0.2, 0) is 13.5 Å². The maximum atomic E-state index is 4.83. The molecule has 0 radical (unpaired) electrons. The van der Waals surface area contributed by atoms with Crippen LogP contribution in [0.3, 0.4) is 0 Å². The first kappa shape index (κ1) is 12.7. The molecule has 3 heteroatoms. The highest BCUT2D eigenvalue weighted by atomic mass is 15.1. The monoisotopic (exact) mass is 257 g/mol. The molecular weight excluding hydrogens is 234 g/mol. The van der Waals surface area contributed by atoms with Crippen molar-refractivity contribution in [1.29, 1.82) is 0 Å². The lowest BCUT2D eigenvalue weighted by atomic mass is 9.88. The van der Waals surface area contributed by atoms with Gasteiger partial charge in [0.2, 0.25) is 0 Å². The van der Waals surface area contributed by atoms with Crippen molar-refractivity contribution in [3.05, 3.63) is 30.1 Å². The Kier molecular flexibility index (Phi) is 3.31. The van der Waals surface area contributed by atoms with E-state index in [1.807, 2.05) is 0 Å². The van der Waals surface area contributed by atoms with Gasteiger partial charge in [-0.25, -0.2) is 4.98 Å². The van der Waals surface area contributed by atoms with Crippen LogP contribution >= 0.6 is 0 Å². The lowest BCUT2D eigenvalue weighted by Gasteiger charge is -2.29. The zero-order valence-corrected chi connectivity index (χ0v) is 11.9. The second kappa shape index (κ2) is 4.97. The van der Waals surface area contributed by atoms with Gasteiger partial charge in [0.05, 0.1) is 11.0 Å². The zero-order valence-electron chi connectivity index (χ0n) is 11.9. The van der Waals surface area contributed by atoms with Crippen molar-refractivity contribution in [3.63, 3.8) is 0 Å². The summed E-state index contributed by atoms with van der Waals surface area (Å²) in [5.41, 5.74) is 2.64. The molecule has 1 aromatic carbocycles. The summed E-state index contributed by atoms with van der Waals surface area (Å²) in [6.07, 6.45) is 6.10. The highest BCUT2D eigenvalue weighted by molar-refractivity contribution is 5.75. The third-order valence-electron chi connectivity index (χ3n) is 4.44. The lowest BCUT2D eigenvalue weighted by molar-refractivity contribution is 0.333. The van der Waals surface area contributed by atoms with E-state index in [4.69, 9.17) is 4.98 Å². The van der Waals surface area contributed by atoms with Crippen LogP contribution in [0.25, 0.3) is 11.0 Å². The number of aryl methyl sites for hydroxylation is 1. The van der Waals surface area contributed by atoms with Crippen LogP contribution < -0.4 is 5.32 Å². The molecule has 1 saturated heterocycles. The van der Waals surface area contributed by atoms with Crippen LogP contribution in [0.15, 0.2) is 24.3 Å². The molecule has 0 spiro atoms. The van der Waals surface area contributed by atoms with Gasteiger partial charge >= 0.3 is 0 Å². The van der Waals surface area contributed by atoms with Gasteiger partial charge < -0.3 is 9.88 Å². The molecule has 1 atom stereocenters. The molecule has 0 aliphatic carbocycles. The zero-order chi connectivity index (χ0) is 13.3. The number of nitrogens with one attached hydrogen (secondary N) is 1. The summed E-state index contributed by atoms with van der Waals surface area (Å²) in [5, 5.41) is 3.74. The van der Waals surface area contributed by atoms with E-state index in [0.717, 1.165) is 18.5 Å². The van der Waals surface area contributed by atoms with Crippen molar-refractivity contribution < 1.29 is 0 Å². The number of nitrogens with zero attached hydrogens (tertiary/aromatic N) is 2. The fraction of sp³-hybridized carbons (Fsp3) is 0.562. The van der Waals surface area contributed by atoms with E-state index in [-0.39, 0.29) is 5.54 Å². The minimum atomic E-state index is 0.282. The van der Waals surface area contributed by atoms with Gasteiger partial charge in [-0.3, -0.25) is 0 Å². The fourth-order valence-electron chi connectivity index (χ4n) is 3.46. The van der Waals surface area contributed by atoms with Gasteiger partial charge in [0.1, 0.15) is 5.82 Å². The second-order valence-corrected chi connectivity index (χ2v) is 5.81. The van der Waals surface area contributed by atoms with Crippen LogP contribution in [0.4, 0.5) is 0 Å².